The minimum absolute atomic E-state index is 0. The molecule has 7 heteroatoms. The quantitative estimate of drug-likeness (QED) is 0.713. The Hall–Kier alpha value is -1.01. The first-order valence-corrected chi connectivity index (χ1v) is 9.57. The number of nitrogens with two attached hydrogens (primary N) is 1. The number of carbonyl (C=O) groups excluding carboxylic acids is 1. The molecule has 154 valence electrons. The molecule has 2 fully saturated rings. The topological polar surface area (TPSA) is 67.6 Å². The van der Waals surface area contributed by atoms with Gasteiger partial charge in [0.1, 0.15) is 5.75 Å². The van der Waals surface area contributed by atoms with Crippen LogP contribution in [0, 0.1) is 5.92 Å². The van der Waals surface area contributed by atoms with E-state index in [0.717, 1.165) is 38.1 Å². The summed E-state index contributed by atoms with van der Waals surface area (Å²) in [5.74, 6) is 1.35. The molecule has 1 aliphatic carbocycles. The van der Waals surface area contributed by atoms with E-state index in [-0.39, 0.29) is 42.8 Å². The van der Waals surface area contributed by atoms with Crippen molar-refractivity contribution in [3.05, 3.63) is 29.8 Å². The molecule has 1 aromatic rings. The van der Waals surface area contributed by atoms with Crippen LogP contribution in [0.1, 0.15) is 50.1 Å². The second kappa shape index (κ2) is 11.7. The van der Waals surface area contributed by atoms with Crippen LogP contribution < -0.4 is 15.8 Å². The molecular formula is C20H33Cl2N3O2. The van der Waals surface area contributed by atoms with Gasteiger partial charge in [-0.1, -0.05) is 18.6 Å². The van der Waals surface area contributed by atoms with E-state index in [2.05, 4.69) is 22.3 Å². The Morgan fingerprint density at radius 1 is 1.26 bits per heavy atom. The Bertz CT molecular complexity index is 582. The summed E-state index contributed by atoms with van der Waals surface area (Å²) >= 11 is 0. The molecule has 2 aliphatic rings. The number of amides is 1. The molecule has 0 radical (unpaired) electrons. The van der Waals surface area contributed by atoms with Crippen LogP contribution >= 0.6 is 24.8 Å². The first-order chi connectivity index (χ1) is 12.2. The third-order valence-electron chi connectivity index (χ3n) is 5.72. The zero-order chi connectivity index (χ0) is 17.6. The van der Waals surface area contributed by atoms with Gasteiger partial charge in [-0.15, -0.1) is 24.8 Å². The largest absolute Gasteiger partial charge is 0.497 e. The third-order valence-corrected chi connectivity index (χ3v) is 5.72. The molecule has 1 aliphatic heterocycles. The van der Waals surface area contributed by atoms with Crippen LogP contribution in [-0.4, -0.2) is 43.6 Å². The minimum Gasteiger partial charge on any atom is -0.497 e. The summed E-state index contributed by atoms with van der Waals surface area (Å²) < 4.78 is 5.37. The molecule has 5 nitrogen and oxygen atoms in total. The number of likely N-dealkylation sites (tertiary alicyclic amines) is 1. The molecule has 1 aromatic carbocycles. The molecule has 0 spiro atoms. The Kier molecular flexibility index (Phi) is 10.5. The Labute approximate surface area is 175 Å². The van der Waals surface area contributed by atoms with Crippen LogP contribution in [0.25, 0.3) is 0 Å². The highest BCUT2D eigenvalue weighted by Crippen LogP contribution is 2.28. The highest BCUT2D eigenvalue weighted by molar-refractivity contribution is 5.85. The maximum absolute atomic E-state index is 12.4. The van der Waals surface area contributed by atoms with E-state index < -0.39 is 0 Å². The van der Waals surface area contributed by atoms with Crippen molar-refractivity contribution in [1.82, 2.24) is 10.2 Å². The van der Waals surface area contributed by atoms with Crippen LogP contribution in [0.2, 0.25) is 0 Å². The third kappa shape index (κ3) is 6.53. The van der Waals surface area contributed by atoms with E-state index in [1.807, 2.05) is 12.1 Å². The Morgan fingerprint density at radius 2 is 2.00 bits per heavy atom. The van der Waals surface area contributed by atoms with E-state index in [0.29, 0.717) is 18.9 Å². The lowest BCUT2D eigenvalue weighted by atomic mass is 9.99. The van der Waals surface area contributed by atoms with Gasteiger partial charge in [0.2, 0.25) is 5.91 Å². The summed E-state index contributed by atoms with van der Waals surface area (Å²) in [5, 5.41) is 3.17. The molecule has 1 unspecified atom stereocenters. The fourth-order valence-electron chi connectivity index (χ4n) is 4.20. The maximum atomic E-state index is 12.4. The van der Waals surface area contributed by atoms with E-state index in [1.54, 1.807) is 7.11 Å². The zero-order valence-electron chi connectivity index (χ0n) is 16.1. The summed E-state index contributed by atoms with van der Waals surface area (Å²) in [4.78, 5) is 14.9. The Morgan fingerprint density at radius 3 is 2.63 bits per heavy atom. The van der Waals surface area contributed by atoms with Crippen molar-refractivity contribution in [1.29, 1.82) is 0 Å². The summed E-state index contributed by atoms with van der Waals surface area (Å²) in [6.07, 6.45) is 6.31. The predicted molar refractivity (Wildman–Crippen MR) is 114 cm³/mol. The second-order valence-electron chi connectivity index (χ2n) is 7.40. The summed E-state index contributed by atoms with van der Waals surface area (Å²) in [6, 6.07) is 8.60. The van der Waals surface area contributed by atoms with Crippen molar-refractivity contribution in [3.63, 3.8) is 0 Å². The summed E-state index contributed by atoms with van der Waals surface area (Å²) in [5.41, 5.74) is 7.31. The van der Waals surface area contributed by atoms with Gasteiger partial charge in [-0.25, -0.2) is 0 Å². The number of halogens is 2. The Balaban J connectivity index is 0.00000182. The predicted octanol–water partition coefficient (Wildman–Crippen LogP) is 3.31. The van der Waals surface area contributed by atoms with E-state index >= 15 is 0 Å². The van der Waals surface area contributed by atoms with Crippen LogP contribution in [0.5, 0.6) is 5.75 Å². The van der Waals surface area contributed by atoms with Crippen LogP contribution in [-0.2, 0) is 4.79 Å². The number of hydrogen-bond acceptors (Lipinski definition) is 4. The number of carbonyl (C=O) groups is 1. The van der Waals surface area contributed by atoms with Crippen molar-refractivity contribution in [3.8, 4) is 5.75 Å². The molecule has 27 heavy (non-hydrogen) atoms. The maximum Gasteiger partial charge on any atom is 0.220 e. The van der Waals surface area contributed by atoms with Crippen molar-refractivity contribution in [2.45, 2.75) is 50.6 Å². The molecule has 3 atom stereocenters. The SMILES string of the molecule is COc1cccc(C(CNC(=O)C[C@@H]2CCC[C@H]2N)N2CCCC2)c1.Cl.Cl. The average Bonchev–Trinajstić information content (AvgIpc) is 3.28. The van der Waals surface area contributed by atoms with Crippen molar-refractivity contribution < 1.29 is 9.53 Å². The number of hydrogen-bond donors (Lipinski definition) is 2. The molecule has 3 N–H and O–H groups in total. The molecule has 1 saturated heterocycles. The van der Waals surface area contributed by atoms with Gasteiger partial charge in [0, 0.05) is 19.0 Å². The molecule has 1 saturated carbocycles. The molecule has 0 bridgehead atoms. The lowest BCUT2D eigenvalue weighted by Gasteiger charge is -2.28. The van der Waals surface area contributed by atoms with E-state index in [9.17, 15) is 4.79 Å². The smallest absolute Gasteiger partial charge is 0.220 e. The van der Waals surface area contributed by atoms with Gasteiger partial charge in [0.25, 0.3) is 0 Å². The summed E-state index contributed by atoms with van der Waals surface area (Å²) in [7, 11) is 1.69. The fraction of sp³-hybridized carbons (Fsp3) is 0.650. The number of benzene rings is 1. The zero-order valence-corrected chi connectivity index (χ0v) is 17.7. The minimum atomic E-state index is 0. The highest BCUT2D eigenvalue weighted by atomic mass is 35.5. The first-order valence-electron chi connectivity index (χ1n) is 9.57. The molecule has 3 rings (SSSR count). The van der Waals surface area contributed by atoms with Gasteiger partial charge >= 0.3 is 0 Å². The van der Waals surface area contributed by atoms with E-state index in [4.69, 9.17) is 10.5 Å². The van der Waals surface area contributed by atoms with Gasteiger partial charge in [-0.3, -0.25) is 9.69 Å². The number of methoxy groups -OCH3 is 1. The van der Waals surface area contributed by atoms with Gasteiger partial charge < -0.3 is 15.8 Å². The highest BCUT2D eigenvalue weighted by Gasteiger charge is 2.28. The fourth-order valence-corrected chi connectivity index (χ4v) is 4.20. The van der Waals surface area contributed by atoms with Crippen molar-refractivity contribution >= 4 is 30.7 Å². The molecule has 0 aromatic heterocycles. The summed E-state index contributed by atoms with van der Waals surface area (Å²) in [6.45, 7) is 2.82. The van der Waals surface area contributed by atoms with Gasteiger partial charge in [0.15, 0.2) is 0 Å². The molecule has 1 heterocycles. The van der Waals surface area contributed by atoms with Crippen molar-refractivity contribution in [2.24, 2.45) is 11.7 Å². The number of nitrogens with zero attached hydrogens (tertiary/aromatic N) is 1. The number of nitrogens with one attached hydrogen (secondary N) is 1. The van der Waals surface area contributed by atoms with Gasteiger partial charge in [-0.2, -0.15) is 0 Å². The van der Waals surface area contributed by atoms with Gasteiger partial charge in [0.05, 0.1) is 13.2 Å². The lowest BCUT2D eigenvalue weighted by Crippen LogP contribution is -2.38. The molecular weight excluding hydrogens is 385 g/mol. The van der Waals surface area contributed by atoms with E-state index in [1.165, 1.54) is 18.4 Å². The number of rotatable bonds is 7. The second-order valence-corrected chi connectivity index (χ2v) is 7.40. The van der Waals surface area contributed by atoms with Crippen LogP contribution in [0.15, 0.2) is 24.3 Å². The lowest BCUT2D eigenvalue weighted by molar-refractivity contribution is -0.122. The average molecular weight is 418 g/mol. The van der Waals surface area contributed by atoms with Crippen molar-refractivity contribution in [2.75, 3.05) is 26.7 Å². The standard InChI is InChI=1S/C20H31N3O2.2ClH/c1-25-17-8-4-7-16(12-17)19(23-10-2-3-11-23)14-22-20(24)13-15-6-5-9-18(15)21;;/h4,7-8,12,15,18-19H,2-3,5-6,9-11,13-14,21H2,1H3,(H,22,24);2*1H/t15-,18+,19?;;/m0../s1. The van der Waals surface area contributed by atoms with Gasteiger partial charge in [-0.05, 0) is 62.4 Å². The number of ether oxygens (including phenoxy) is 1. The monoisotopic (exact) mass is 417 g/mol. The molecule has 1 amide bonds. The first kappa shape index (κ1) is 24.0. The normalized spacial score (nSPS) is 23.2. The van der Waals surface area contributed by atoms with Crippen LogP contribution in [0.4, 0.5) is 0 Å². The van der Waals surface area contributed by atoms with Crippen LogP contribution in [0.3, 0.4) is 0 Å².